The van der Waals surface area contributed by atoms with E-state index in [0.29, 0.717) is 6.42 Å². The van der Waals surface area contributed by atoms with E-state index in [0.717, 1.165) is 0 Å². The fourth-order valence-corrected chi connectivity index (χ4v) is 1.13. The predicted octanol–water partition coefficient (Wildman–Crippen LogP) is 0.610. The Bertz CT molecular complexity index is 161. The topological polar surface area (TPSA) is 40.5 Å². The van der Waals surface area contributed by atoms with Crippen LogP contribution in [0.3, 0.4) is 0 Å². The maximum atomic E-state index is 8.92. The number of hydrogen-bond donors (Lipinski definition) is 2. The molecule has 0 spiro atoms. The quantitative estimate of drug-likeness (QED) is 0.473. The van der Waals surface area contributed by atoms with E-state index < -0.39 is 14.2 Å². The normalized spacial score (nSPS) is 13.5. The van der Waals surface area contributed by atoms with Crippen molar-refractivity contribution >= 4 is 8.07 Å². The first-order chi connectivity index (χ1) is 4.95. The molecule has 64 valence electrons. The lowest BCUT2D eigenvalue weighted by Gasteiger charge is -2.04. The molecule has 2 nitrogen and oxygen atoms in total. The lowest BCUT2D eigenvalue weighted by molar-refractivity contribution is 0.0992. The fourth-order valence-electron chi connectivity index (χ4n) is 0.499. The molecule has 0 unspecified atom stereocenters. The van der Waals surface area contributed by atoms with Crippen LogP contribution >= 0.6 is 0 Å². The van der Waals surface area contributed by atoms with Gasteiger partial charge in [-0.1, -0.05) is 19.6 Å². The molecule has 0 radical (unpaired) electrons. The Hall–Kier alpha value is -0.303. The van der Waals surface area contributed by atoms with Crippen LogP contribution in [0, 0.1) is 11.5 Å². The number of aliphatic hydroxyl groups is 2. The van der Waals surface area contributed by atoms with Crippen molar-refractivity contribution in [2.45, 2.75) is 32.2 Å². The van der Waals surface area contributed by atoms with E-state index in [-0.39, 0.29) is 6.61 Å². The first-order valence-corrected chi connectivity index (χ1v) is 7.24. The predicted molar refractivity (Wildman–Crippen MR) is 48.8 cm³/mol. The molecule has 0 amide bonds. The second-order valence-corrected chi connectivity index (χ2v) is 8.34. The molecule has 0 fully saturated rings. The van der Waals surface area contributed by atoms with Crippen LogP contribution in [0.5, 0.6) is 0 Å². The van der Waals surface area contributed by atoms with Gasteiger partial charge in [0.25, 0.3) is 0 Å². The van der Waals surface area contributed by atoms with Crippen molar-refractivity contribution < 1.29 is 10.2 Å². The summed E-state index contributed by atoms with van der Waals surface area (Å²) in [5, 5.41) is 17.4. The Morgan fingerprint density at radius 3 is 2.27 bits per heavy atom. The minimum absolute atomic E-state index is 0.194. The van der Waals surface area contributed by atoms with Crippen molar-refractivity contribution in [3.05, 3.63) is 0 Å². The summed E-state index contributed by atoms with van der Waals surface area (Å²) < 4.78 is 0. The number of hydrogen-bond acceptors (Lipinski definition) is 2. The van der Waals surface area contributed by atoms with Crippen LogP contribution in [0.1, 0.15) is 6.42 Å². The highest BCUT2D eigenvalue weighted by Gasteiger charge is 2.07. The maximum absolute atomic E-state index is 8.92. The molecule has 0 heterocycles. The van der Waals surface area contributed by atoms with Gasteiger partial charge in [0.15, 0.2) is 0 Å². The van der Waals surface area contributed by atoms with Gasteiger partial charge in [0.2, 0.25) is 0 Å². The Kier molecular flexibility index (Phi) is 4.42. The minimum atomic E-state index is -1.29. The molecule has 0 aliphatic carbocycles. The monoisotopic (exact) mass is 172 g/mol. The lowest BCUT2D eigenvalue weighted by Crippen LogP contribution is -2.17. The van der Waals surface area contributed by atoms with Crippen LogP contribution in [0.15, 0.2) is 0 Å². The van der Waals surface area contributed by atoms with Gasteiger partial charge in [-0.2, -0.15) is 0 Å². The summed E-state index contributed by atoms with van der Waals surface area (Å²) in [6.07, 6.45) is -0.278. The van der Waals surface area contributed by atoms with E-state index in [1.807, 2.05) is 0 Å². The Labute approximate surface area is 69.3 Å². The van der Waals surface area contributed by atoms with Crippen LogP contribution in [0.25, 0.3) is 0 Å². The number of aliphatic hydroxyl groups excluding tert-OH is 2. The van der Waals surface area contributed by atoms with Gasteiger partial charge >= 0.3 is 0 Å². The van der Waals surface area contributed by atoms with Gasteiger partial charge in [0.1, 0.15) is 8.07 Å². The van der Waals surface area contributed by atoms with E-state index in [1.165, 1.54) is 0 Å². The molecule has 0 saturated heterocycles. The third-order valence-corrected chi connectivity index (χ3v) is 1.94. The first kappa shape index (κ1) is 10.7. The van der Waals surface area contributed by atoms with Crippen LogP contribution in [0.4, 0.5) is 0 Å². The zero-order valence-electron chi connectivity index (χ0n) is 7.39. The van der Waals surface area contributed by atoms with E-state index in [2.05, 4.69) is 31.1 Å². The molecular formula is C8H16O2Si. The summed E-state index contributed by atoms with van der Waals surface area (Å²) in [7, 11) is -1.29. The molecule has 0 aromatic rings. The summed E-state index contributed by atoms with van der Waals surface area (Å²) in [5.74, 6) is 2.88. The van der Waals surface area contributed by atoms with Crippen molar-refractivity contribution in [1.29, 1.82) is 0 Å². The third-order valence-electron chi connectivity index (χ3n) is 1.01. The van der Waals surface area contributed by atoms with Gasteiger partial charge in [-0.05, 0) is 0 Å². The molecule has 0 aliphatic rings. The molecule has 1 atom stereocenters. The van der Waals surface area contributed by atoms with Gasteiger partial charge in [0.05, 0.1) is 12.7 Å². The highest BCUT2D eigenvalue weighted by Crippen LogP contribution is 1.97. The summed E-state index contributed by atoms with van der Waals surface area (Å²) in [6, 6.07) is 0. The van der Waals surface area contributed by atoms with Gasteiger partial charge < -0.3 is 10.2 Å². The molecule has 11 heavy (non-hydrogen) atoms. The van der Waals surface area contributed by atoms with E-state index in [1.54, 1.807) is 0 Å². The van der Waals surface area contributed by atoms with Crippen molar-refractivity contribution in [2.75, 3.05) is 6.61 Å². The second kappa shape index (κ2) is 4.55. The standard InChI is InChI=1S/C8H16O2Si/c1-11(2,3)6-4-5-8(10)7-9/h8-10H,5,7H2,1-3H3/t8-/m1/s1. The molecule has 0 saturated carbocycles. The van der Waals surface area contributed by atoms with Crippen molar-refractivity contribution in [3.63, 3.8) is 0 Å². The molecule has 0 bridgehead atoms. The number of rotatable bonds is 2. The second-order valence-electron chi connectivity index (χ2n) is 3.59. The molecular weight excluding hydrogens is 156 g/mol. The molecule has 0 aromatic heterocycles. The van der Waals surface area contributed by atoms with Gasteiger partial charge in [-0.25, -0.2) is 0 Å². The SMILES string of the molecule is C[Si](C)(C)C#CC[C@@H](O)CO. The summed E-state index contributed by atoms with van der Waals surface area (Å²) in [6.45, 7) is 6.24. The average molecular weight is 172 g/mol. The van der Waals surface area contributed by atoms with Crippen LogP contribution in [-0.4, -0.2) is 31.0 Å². The van der Waals surface area contributed by atoms with Gasteiger partial charge in [-0.15, -0.1) is 11.5 Å². The van der Waals surface area contributed by atoms with Crippen LogP contribution in [0.2, 0.25) is 19.6 Å². The van der Waals surface area contributed by atoms with Crippen molar-refractivity contribution in [2.24, 2.45) is 0 Å². The fraction of sp³-hybridized carbons (Fsp3) is 0.750. The molecule has 0 aliphatic heterocycles. The van der Waals surface area contributed by atoms with Crippen LogP contribution in [-0.2, 0) is 0 Å². The van der Waals surface area contributed by atoms with Gasteiger partial charge in [-0.3, -0.25) is 0 Å². The molecule has 0 rings (SSSR count). The zero-order chi connectivity index (χ0) is 8.91. The van der Waals surface area contributed by atoms with Crippen molar-refractivity contribution in [3.8, 4) is 11.5 Å². The Balaban J connectivity index is 3.73. The van der Waals surface area contributed by atoms with Crippen LogP contribution < -0.4 is 0 Å². The average Bonchev–Trinajstić information content (AvgIpc) is 1.85. The maximum Gasteiger partial charge on any atom is 0.129 e. The molecule has 0 aromatic carbocycles. The summed E-state index contributed by atoms with van der Waals surface area (Å²) in [5.41, 5.74) is 3.10. The first-order valence-electron chi connectivity index (χ1n) is 3.74. The Morgan fingerprint density at radius 1 is 1.36 bits per heavy atom. The smallest absolute Gasteiger partial charge is 0.129 e. The van der Waals surface area contributed by atoms with Crippen molar-refractivity contribution in [1.82, 2.24) is 0 Å². The molecule has 2 N–H and O–H groups in total. The molecule has 3 heteroatoms. The van der Waals surface area contributed by atoms with Gasteiger partial charge in [0, 0.05) is 6.42 Å². The highest BCUT2D eigenvalue weighted by molar-refractivity contribution is 6.83. The zero-order valence-corrected chi connectivity index (χ0v) is 8.39. The lowest BCUT2D eigenvalue weighted by atomic mass is 10.3. The summed E-state index contributed by atoms with van der Waals surface area (Å²) >= 11 is 0. The largest absolute Gasteiger partial charge is 0.394 e. The summed E-state index contributed by atoms with van der Waals surface area (Å²) in [4.78, 5) is 0. The minimum Gasteiger partial charge on any atom is -0.394 e. The Morgan fingerprint density at radius 2 is 1.91 bits per heavy atom. The van der Waals surface area contributed by atoms with E-state index in [9.17, 15) is 0 Å². The van der Waals surface area contributed by atoms with E-state index >= 15 is 0 Å². The third kappa shape index (κ3) is 7.60. The van der Waals surface area contributed by atoms with E-state index in [4.69, 9.17) is 10.2 Å². The highest BCUT2D eigenvalue weighted by atomic mass is 28.3.